The summed E-state index contributed by atoms with van der Waals surface area (Å²) >= 11 is 0. The quantitative estimate of drug-likeness (QED) is 0.333. The molecular weight excluding hydrogens is 498 g/mol. The highest BCUT2D eigenvalue weighted by atomic mass is 16.5. The highest BCUT2D eigenvalue weighted by Crippen LogP contribution is 2.42. The molecule has 0 radical (unpaired) electrons. The van der Waals surface area contributed by atoms with Gasteiger partial charge in [-0.3, -0.25) is 4.79 Å². The van der Waals surface area contributed by atoms with Gasteiger partial charge in [-0.1, -0.05) is 30.3 Å². The standard InChI is InChI=1S/C29H29N5O5/c1-17-24(28(35)31-20-11-7-6-8-12-20)25(18-10-9-13-21(14-18)36-2)34-29(30-17)32-27(33-34)19-15-22(37-3)26(39-5)23(16-19)38-4/h6-16,25H,1-5H3,(H,31,35)(H,30,32,33). The summed E-state index contributed by atoms with van der Waals surface area (Å²) in [6, 6.07) is 19.9. The topological polar surface area (TPSA) is 109 Å². The van der Waals surface area contributed by atoms with Crippen molar-refractivity contribution in [3.8, 4) is 34.4 Å². The minimum atomic E-state index is -0.580. The molecular formula is C29H29N5O5. The van der Waals surface area contributed by atoms with E-state index in [2.05, 4.69) is 10.6 Å². The fourth-order valence-corrected chi connectivity index (χ4v) is 4.62. The highest BCUT2D eigenvalue weighted by Gasteiger charge is 2.35. The molecule has 0 fully saturated rings. The summed E-state index contributed by atoms with van der Waals surface area (Å²) in [5.74, 6) is 2.75. The monoisotopic (exact) mass is 527 g/mol. The molecule has 200 valence electrons. The van der Waals surface area contributed by atoms with Gasteiger partial charge in [-0.2, -0.15) is 4.98 Å². The van der Waals surface area contributed by atoms with Crippen LogP contribution in [0.25, 0.3) is 11.4 Å². The molecule has 4 aromatic rings. The molecule has 2 heterocycles. The third-order valence-electron chi connectivity index (χ3n) is 6.46. The van der Waals surface area contributed by atoms with E-state index in [0.29, 0.717) is 57.3 Å². The summed E-state index contributed by atoms with van der Waals surface area (Å²) in [6.45, 7) is 1.85. The van der Waals surface area contributed by atoms with Crippen LogP contribution in [0.2, 0.25) is 0 Å². The molecule has 0 saturated heterocycles. The van der Waals surface area contributed by atoms with Crippen LogP contribution in [0.1, 0.15) is 18.5 Å². The van der Waals surface area contributed by atoms with Gasteiger partial charge in [-0.25, -0.2) is 4.68 Å². The zero-order valence-electron chi connectivity index (χ0n) is 22.3. The van der Waals surface area contributed by atoms with Crippen molar-refractivity contribution in [2.24, 2.45) is 0 Å². The smallest absolute Gasteiger partial charge is 0.255 e. The van der Waals surface area contributed by atoms with Gasteiger partial charge in [0.15, 0.2) is 17.3 Å². The van der Waals surface area contributed by atoms with Crippen molar-refractivity contribution in [3.63, 3.8) is 0 Å². The lowest BCUT2D eigenvalue weighted by Crippen LogP contribution is -2.31. The number of ether oxygens (including phenoxy) is 4. The minimum Gasteiger partial charge on any atom is -0.497 e. The second-order valence-electron chi connectivity index (χ2n) is 8.78. The first-order valence-electron chi connectivity index (χ1n) is 12.2. The molecule has 0 aliphatic carbocycles. The summed E-state index contributed by atoms with van der Waals surface area (Å²) in [7, 11) is 6.26. The number of nitrogens with zero attached hydrogens (tertiary/aromatic N) is 3. The van der Waals surface area contributed by atoms with Crippen molar-refractivity contribution < 1.29 is 23.7 Å². The third-order valence-corrected chi connectivity index (χ3v) is 6.46. The van der Waals surface area contributed by atoms with Gasteiger partial charge in [0.05, 0.1) is 34.0 Å². The number of anilines is 2. The number of methoxy groups -OCH3 is 4. The summed E-state index contributed by atoms with van der Waals surface area (Å²) in [5.41, 5.74) is 3.32. The minimum absolute atomic E-state index is 0.255. The zero-order chi connectivity index (χ0) is 27.5. The van der Waals surface area contributed by atoms with Gasteiger partial charge in [0.25, 0.3) is 5.91 Å². The Morgan fingerprint density at radius 1 is 0.897 bits per heavy atom. The molecule has 0 bridgehead atoms. The number of carbonyl (C=O) groups is 1. The maximum Gasteiger partial charge on any atom is 0.255 e. The van der Waals surface area contributed by atoms with Gasteiger partial charge in [-0.15, -0.1) is 5.10 Å². The number of para-hydroxylation sites is 1. The van der Waals surface area contributed by atoms with Crippen molar-refractivity contribution in [1.29, 1.82) is 0 Å². The number of carbonyl (C=O) groups excluding carboxylic acids is 1. The fraction of sp³-hybridized carbons (Fsp3) is 0.207. The van der Waals surface area contributed by atoms with E-state index in [1.165, 1.54) is 0 Å². The van der Waals surface area contributed by atoms with Crippen molar-refractivity contribution in [1.82, 2.24) is 14.8 Å². The van der Waals surface area contributed by atoms with Crippen molar-refractivity contribution >= 4 is 17.5 Å². The highest BCUT2D eigenvalue weighted by molar-refractivity contribution is 6.06. The van der Waals surface area contributed by atoms with Gasteiger partial charge in [0.2, 0.25) is 11.7 Å². The maximum absolute atomic E-state index is 13.7. The van der Waals surface area contributed by atoms with Gasteiger partial charge >= 0.3 is 0 Å². The largest absolute Gasteiger partial charge is 0.497 e. The summed E-state index contributed by atoms with van der Waals surface area (Å²) in [6.07, 6.45) is 0. The van der Waals surface area contributed by atoms with Crippen LogP contribution in [0.4, 0.5) is 11.6 Å². The zero-order valence-corrected chi connectivity index (χ0v) is 22.3. The lowest BCUT2D eigenvalue weighted by atomic mass is 9.95. The van der Waals surface area contributed by atoms with Crippen LogP contribution >= 0.6 is 0 Å². The Morgan fingerprint density at radius 3 is 2.26 bits per heavy atom. The molecule has 3 aromatic carbocycles. The number of nitrogens with one attached hydrogen (secondary N) is 2. The van der Waals surface area contributed by atoms with E-state index in [-0.39, 0.29) is 5.91 Å². The Morgan fingerprint density at radius 2 is 1.62 bits per heavy atom. The molecule has 2 N–H and O–H groups in total. The van der Waals surface area contributed by atoms with E-state index in [0.717, 1.165) is 5.56 Å². The van der Waals surface area contributed by atoms with Crippen molar-refractivity contribution in [2.75, 3.05) is 39.1 Å². The van der Waals surface area contributed by atoms with E-state index in [9.17, 15) is 4.79 Å². The number of hydrogen-bond donors (Lipinski definition) is 2. The van der Waals surface area contributed by atoms with Crippen molar-refractivity contribution in [3.05, 3.63) is 83.6 Å². The van der Waals surface area contributed by atoms with Crippen LogP contribution in [0.3, 0.4) is 0 Å². The van der Waals surface area contributed by atoms with E-state index >= 15 is 0 Å². The predicted octanol–water partition coefficient (Wildman–Crippen LogP) is 4.91. The van der Waals surface area contributed by atoms with Gasteiger partial charge in [0, 0.05) is 16.9 Å². The molecule has 1 aliphatic rings. The molecule has 1 aromatic heterocycles. The first-order chi connectivity index (χ1) is 19.0. The molecule has 0 spiro atoms. The average Bonchev–Trinajstić information content (AvgIpc) is 3.39. The second-order valence-corrected chi connectivity index (χ2v) is 8.78. The number of amides is 1. The van der Waals surface area contributed by atoms with E-state index in [4.69, 9.17) is 29.0 Å². The van der Waals surface area contributed by atoms with Crippen LogP contribution in [-0.4, -0.2) is 49.1 Å². The number of aromatic nitrogens is 3. The lowest BCUT2D eigenvalue weighted by Gasteiger charge is -2.28. The van der Waals surface area contributed by atoms with E-state index < -0.39 is 6.04 Å². The molecule has 1 unspecified atom stereocenters. The van der Waals surface area contributed by atoms with Crippen molar-refractivity contribution in [2.45, 2.75) is 13.0 Å². The molecule has 5 rings (SSSR count). The first kappa shape index (κ1) is 25.7. The van der Waals surface area contributed by atoms with Crippen LogP contribution in [0, 0.1) is 0 Å². The van der Waals surface area contributed by atoms with Crippen LogP contribution in [0.5, 0.6) is 23.0 Å². The number of allylic oxidation sites excluding steroid dienone is 1. The number of hydrogen-bond acceptors (Lipinski definition) is 8. The fourth-order valence-electron chi connectivity index (χ4n) is 4.62. The molecule has 0 saturated carbocycles. The van der Waals surface area contributed by atoms with Gasteiger partial charge in [0.1, 0.15) is 11.8 Å². The number of rotatable bonds is 8. The Bertz CT molecular complexity index is 1520. The van der Waals surface area contributed by atoms with E-state index in [1.807, 2.05) is 61.5 Å². The summed E-state index contributed by atoms with van der Waals surface area (Å²) in [4.78, 5) is 18.5. The average molecular weight is 528 g/mol. The predicted molar refractivity (Wildman–Crippen MR) is 148 cm³/mol. The third kappa shape index (κ3) is 4.84. The first-order valence-corrected chi connectivity index (χ1v) is 12.2. The van der Waals surface area contributed by atoms with E-state index in [1.54, 1.807) is 45.3 Å². The Hall–Kier alpha value is -4.99. The Kier molecular flexibility index (Phi) is 7.09. The Balaban J connectivity index is 1.63. The molecule has 1 atom stereocenters. The Labute approximate surface area is 226 Å². The molecule has 1 aliphatic heterocycles. The number of fused-ring (bicyclic) bond motifs is 1. The maximum atomic E-state index is 13.7. The molecule has 39 heavy (non-hydrogen) atoms. The SMILES string of the molecule is COc1cccc(C2C(C(=O)Nc3ccccc3)=C(C)Nc3nc(-c4cc(OC)c(OC)c(OC)c4)nn32)c1. The van der Waals surface area contributed by atoms with Gasteiger partial charge in [-0.05, 0) is 48.9 Å². The molecule has 1 amide bonds. The number of benzene rings is 3. The summed E-state index contributed by atoms with van der Waals surface area (Å²) in [5, 5.41) is 11.1. The van der Waals surface area contributed by atoms with Crippen LogP contribution < -0.4 is 29.6 Å². The summed E-state index contributed by atoms with van der Waals surface area (Å²) < 4.78 is 23.7. The molecule has 10 heteroatoms. The molecule has 10 nitrogen and oxygen atoms in total. The second kappa shape index (κ2) is 10.8. The lowest BCUT2D eigenvalue weighted by molar-refractivity contribution is -0.113. The van der Waals surface area contributed by atoms with Gasteiger partial charge < -0.3 is 29.6 Å². The van der Waals surface area contributed by atoms with Crippen LogP contribution in [0.15, 0.2) is 78.0 Å². The normalized spacial score (nSPS) is 14.2. The van der Waals surface area contributed by atoms with Crippen LogP contribution in [-0.2, 0) is 4.79 Å².